The van der Waals surface area contributed by atoms with Gasteiger partial charge in [-0.05, 0) is 25.1 Å². The van der Waals surface area contributed by atoms with E-state index in [4.69, 9.17) is 0 Å². The average molecular weight is 328 g/mol. The Bertz CT molecular complexity index is 606. The second-order valence-corrected chi connectivity index (χ2v) is 7.10. The van der Waals surface area contributed by atoms with E-state index >= 15 is 0 Å². The molecule has 0 aromatic rings. The van der Waals surface area contributed by atoms with E-state index in [-0.39, 0.29) is 19.0 Å². The van der Waals surface area contributed by atoms with Gasteiger partial charge >= 0.3 is 0 Å². The summed E-state index contributed by atoms with van der Waals surface area (Å²) in [6.07, 6.45) is 8.02. The molecule has 0 aliphatic carbocycles. The molecule has 0 unspecified atom stereocenters. The molecule has 2 amide bonds. The quantitative estimate of drug-likeness (QED) is 0.627. The van der Waals surface area contributed by atoms with E-state index in [2.05, 4.69) is 5.43 Å². The van der Waals surface area contributed by atoms with Crippen molar-refractivity contribution >= 4 is 21.8 Å². The van der Waals surface area contributed by atoms with Gasteiger partial charge in [0, 0.05) is 25.2 Å². The van der Waals surface area contributed by atoms with Crippen LogP contribution in [0.25, 0.3) is 0 Å². The lowest BCUT2D eigenvalue weighted by Crippen LogP contribution is -2.44. The number of hydrogen-bond acceptors (Lipinski definition) is 5. The summed E-state index contributed by atoms with van der Waals surface area (Å²) >= 11 is 0. The second-order valence-electron chi connectivity index (χ2n) is 5.35. The van der Waals surface area contributed by atoms with Crippen LogP contribution in [0.5, 0.6) is 0 Å². The summed E-state index contributed by atoms with van der Waals surface area (Å²) in [6, 6.07) is 0. The zero-order valence-corrected chi connectivity index (χ0v) is 13.2. The highest BCUT2D eigenvalue weighted by atomic mass is 32.2. The number of allylic oxidation sites excluding steroid dienone is 2. The van der Waals surface area contributed by atoms with Crippen LogP contribution in [0.4, 0.5) is 0 Å². The molecule has 9 heteroatoms. The zero-order chi connectivity index (χ0) is 16.2. The Labute approximate surface area is 129 Å². The topological polar surface area (TPSA) is 98.8 Å². The molecular formula is C13H20N4O4S. The minimum Gasteiger partial charge on any atom is -0.364 e. The fourth-order valence-electron chi connectivity index (χ4n) is 2.32. The lowest BCUT2D eigenvalue weighted by molar-refractivity contribution is -0.130. The van der Waals surface area contributed by atoms with Gasteiger partial charge in [0.25, 0.3) is 5.91 Å². The molecule has 22 heavy (non-hydrogen) atoms. The Morgan fingerprint density at radius 1 is 1.27 bits per heavy atom. The summed E-state index contributed by atoms with van der Waals surface area (Å²) in [7, 11) is -3.50. The summed E-state index contributed by atoms with van der Waals surface area (Å²) in [5, 5.41) is 0. The number of hydrazine groups is 1. The van der Waals surface area contributed by atoms with Crippen molar-refractivity contribution in [2.75, 3.05) is 32.4 Å². The summed E-state index contributed by atoms with van der Waals surface area (Å²) in [4.78, 5) is 29.4. The number of sulfonamides is 1. The van der Waals surface area contributed by atoms with Gasteiger partial charge in [-0.25, -0.2) is 8.42 Å². The average Bonchev–Trinajstić information content (AvgIpc) is 2.98. The second kappa shape index (κ2) is 6.93. The third kappa shape index (κ3) is 4.85. The van der Waals surface area contributed by atoms with Crippen molar-refractivity contribution in [2.45, 2.75) is 12.8 Å². The summed E-state index contributed by atoms with van der Waals surface area (Å²) < 4.78 is 21.9. The molecule has 2 heterocycles. The molecule has 0 aromatic heterocycles. The van der Waals surface area contributed by atoms with Gasteiger partial charge in [0.15, 0.2) is 0 Å². The highest BCUT2D eigenvalue weighted by Crippen LogP contribution is 2.11. The van der Waals surface area contributed by atoms with E-state index < -0.39 is 15.9 Å². The van der Waals surface area contributed by atoms with E-state index in [1.165, 1.54) is 0 Å². The molecule has 2 aliphatic rings. The van der Waals surface area contributed by atoms with Gasteiger partial charge in [-0.2, -0.15) is 0 Å². The summed E-state index contributed by atoms with van der Waals surface area (Å²) in [6.45, 7) is 2.05. The van der Waals surface area contributed by atoms with Crippen molar-refractivity contribution < 1.29 is 18.0 Å². The van der Waals surface area contributed by atoms with Crippen LogP contribution in [0.3, 0.4) is 0 Å². The Morgan fingerprint density at radius 3 is 2.59 bits per heavy atom. The van der Waals surface area contributed by atoms with Crippen LogP contribution in [0, 0.1) is 0 Å². The van der Waals surface area contributed by atoms with Crippen molar-refractivity contribution in [1.29, 1.82) is 0 Å². The molecule has 0 radical (unpaired) electrons. The van der Waals surface area contributed by atoms with Crippen LogP contribution in [0.1, 0.15) is 12.8 Å². The zero-order valence-electron chi connectivity index (χ0n) is 12.4. The van der Waals surface area contributed by atoms with Crippen LogP contribution in [0.2, 0.25) is 0 Å². The SMILES string of the molecule is CS(=O)(=O)NNC(=O)C1=CC=CN(CC(=O)N2CCCC2)C1. The first-order valence-electron chi connectivity index (χ1n) is 7.01. The van der Waals surface area contributed by atoms with Gasteiger partial charge in [-0.3, -0.25) is 15.0 Å². The molecule has 122 valence electrons. The predicted octanol–water partition coefficient (Wildman–Crippen LogP) is -1.06. The Morgan fingerprint density at radius 2 is 1.95 bits per heavy atom. The number of amides is 2. The first-order chi connectivity index (χ1) is 10.3. The predicted molar refractivity (Wildman–Crippen MR) is 80.7 cm³/mol. The molecule has 0 aromatic carbocycles. The molecule has 0 saturated carbocycles. The lowest BCUT2D eigenvalue weighted by Gasteiger charge is -2.26. The maximum Gasteiger partial charge on any atom is 0.263 e. The van der Waals surface area contributed by atoms with E-state index in [9.17, 15) is 18.0 Å². The van der Waals surface area contributed by atoms with E-state index in [1.807, 2.05) is 9.73 Å². The molecule has 8 nitrogen and oxygen atoms in total. The molecule has 1 fully saturated rings. The van der Waals surface area contributed by atoms with E-state index in [1.54, 1.807) is 23.3 Å². The van der Waals surface area contributed by atoms with Gasteiger partial charge in [0.1, 0.15) is 0 Å². The van der Waals surface area contributed by atoms with Crippen molar-refractivity contribution in [1.82, 2.24) is 20.1 Å². The normalized spacial score (nSPS) is 18.3. The van der Waals surface area contributed by atoms with Crippen LogP contribution >= 0.6 is 0 Å². The molecule has 2 aliphatic heterocycles. The van der Waals surface area contributed by atoms with E-state index in [0.29, 0.717) is 5.57 Å². The first kappa shape index (κ1) is 16.5. The van der Waals surface area contributed by atoms with Gasteiger partial charge in [0.2, 0.25) is 15.9 Å². The van der Waals surface area contributed by atoms with Gasteiger partial charge < -0.3 is 9.80 Å². The summed E-state index contributed by atoms with van der Waals surface area (Å²) in [5.41, 5.74) is 2.50. The highest BCUT2D eigenvalue weighted by Gasteiger charge is 2.22. The summed E-state index contributed by atoms with van der Waals surface area (Å²) in [5.74, 6) is -0.494. The molecule has 2 rings (SSSR count). The Balaban J connectivity index is 1.86. The van der Waals surface area contributed by atoms with Gasteiger partial charge in [0.05, 0.1) is 12.8 Å². The maximum atomic E-state index is 12.1. The van der Waals surface area contributed by atoms with Gasteiger partial charge in [-0.15, -0.1) is 4.83 Å². The molecule has 0 atom stereocenters. The number of likely N-dealkylation sites (tertiary alicyclic amines) is 1. The van der Waals surface area contributed by atoms with Crippen LogP contribution < -0.4 is 10.3 Å². The fourth-order valence-corrected chi connectivity index (χ4v) is 2.60. The third-order valence-corrected chi connectivity index (χ3v) is 3.88. The first-order valence-corrected chi connectivity index (χ1v) is 8.90. The number of rotatable bonds is 5. The largest absolute Gasteiger partial charge is 0.364 e. The van der Waals surface area contributed by atoms with Crippen molar-refractivity contribution in [2.24, 2.45) is 0 Å². The van der Waals surface area contributed by atoms with Crippen LogP contribution in [-0.2, 0) is 19.6 Å². The van der Waals surface area contributed by atoms with Gasteiger partial charge in [-0.1, -0.05) is 6.08 Å². The number of nitrogens with one attached hydrogen (secondary N) is 2. The standard InChI is InChI=1S/C13H20N4O4S/c1-22(20,21)15-14-13(19)11-5-4-6-16(9-11)10-12(18)17-7-2-3-8-17/h4-6,15H,2-3,7-10H2,1H3,(H,14,19). The number of carbonyl (C=O) groups is 2. The van der Waals surface area contributed by atoms with Crippen molar-refractivity contribution in [3.8, 4) is 0 Å². The molecule has 1 saturated heterocycles. The Hall–Kier alpha value is -1.87. The lowest BCUT2D eigenvalue weighted by atomic mass is 10.1. The fraction of sp³-hybridized carbons (Fsp3) is 0.538. The molecular weight excluding hydrogens is 308 g/mol. The highest BCUT2D eigenvalue weighted by molar-refractivity contribution is 7.88. The van der Waals surface area contributed by atoms with E-state index in [0.717, 1.165) is 32.2 Å². The van der Waals surface area contributed by atoms with Crippen molar-refractivity contribution in [3.63, 3.8) is 0 Å². The van der Waals surface area contributed by atoms with Crippen LogP contribution in [0.15, 0.2) is 23.9 Å². The molecule has 2 N–H and O–H groups in total. The smallest absolute Gasteiger partial charge is 0.263 e. The monoisotopic (exact) mass is 328 g/mol. The number of nitrogens with zero attached hydrogens (tertiary/aromatic N) is 2. The number of carbonyl (C=O) groups excluding carboxylic acids is 2. The minimum atomic E-state index is -3.50. The third-order valence-electron chi connectivity index (χ3n) is 3.41. The molecule has 0 spiro atoms. The molecule has 0 bridgehead atoms. The number of hydrogen-bond donors (Lipinski definition) is 2. The maximum absolute atomic E-state index is 12.1. The van der Waals surface area contributed by atoms with Crippen LogP contribution in [-0.4, -0.2) is 62.5 Å². The van der Waals surface area contributed by atoms with Crippen molar-refractivity contribution in [3.05, 3.63) is 23.9 Å². The Kier molecular flexibility index (Phi) is 5.19. The minimum absolute atomic E-state index is 0.0399.